The Morgan fingerprint density at radius 1 is 0.971 bits per heavy atom. The topological polar surface area (TPSA) is 96.6 Å². The van der Waals surface area contributed by atoms with Crippen LogP contribution in [0, 0.1) is 5.92 Å². The van der Waals surface area contributed by atoms with Crippen LogP contribution in [0.4, 0.5) is 0 Å². The maximum atomic E-state index is 12.8. The molecule has 0 bridgehead atoms. The molecule has 0 unspecified atom stereocenters. The number of likely N-dealkylation sites (tertiary alicyclic amines) is 1. The summed E-state index contributed by atoms with van der Waals surface area (Å²) in [5.41, 5.74) is 0.718. The molecule has 9 heteroatoms. The molecular weight excluding hydrogens is 452 g/mol. The van der Waals surface area contributed by atoms with Gasteiger partial charge in [0.05, 0.1) is 10.8 Å². The summed E-state index contributed by atoms with van der Waals surface area (Å²) < 4.78 is 32.6. The zero-order valence-electron chi connectivity index (χ0n) is 19.7. The average Bonchev–Trinajstić information content (AvgIpc) is 3.65. The summed E-state index contributed by atoms with van der Waals surface area (Å²) in [7, 11) is -3.44. The van der Waals surface area contributed by atoms with Crippen molar-refractivity contribution in [2.75, 3.05) is 26.2 Å². The van der Waals surface area contributed by atoms with E-state index in [2.05, 4.69) is 10.1 Å². The summed E-state index contributed by atoms with van der Waals surface area (Å²) in [5, 5.41) is 4.14. The molecule has 1 aromatic carbocycles. The van der Waals surface area contributed by atoms with E-state index in [9.17, 15) is 13.2 Å². The molecule has 1 saturated carbocycles. The number of hydrogen-bond acceptors (Lipinski definition) is 6. The van der Waals surface area contributed by atoms with Crippen molar-refractivity contribution in [3.63, 3.8) is 0 Å². The van der Waals surface area contributed by atoms with Crippen LogP contribution in [0.5, 0.6) is 0 Å². The smallest absolute Gasteiger partial charge is 0.243 e. The third kappa shape index (κ3) is 5.05. The highest BCUT2D eigenvalue weighted by atomic mass is 32.2. The Bertz CT molecular complexity index is 1090. The number of aromatic nitrogens is 2. The minimum absolute atomic E-state index is 0.0419. The van der Waals surface area contributed by atoms with Gasteiger partial charge in [-0.15, -0.1) is 0 Å². The van der Waals surface area contributed by atoms with Crippen LogP contribution in [0.1, 0.15) is 76.0 Å². The second-order valence-electron chi connectivity index (χ2n) is 9.96. The molecule has 2 saturated heterocycles. The predicted octanol–water partition coefficient (Wildman–Crippen LogP) is 4.20. The van der Waals surface area contributed by atoms with Crippen LogP contribution in [0.15, 0.2) is 33.7 Å². The number of sulfonamides is 1. The Labute approximate surface area is 201 Å². The van der Waals surface area contributed by atoms with Gasteiger partial charge in [-0.3, -0.25) is 4.79 Å². The fraction of sp³-hybridized carbons (Fsp3) is 0.640. The van der Waals surface area contributed by atoms with Crippen LogP contribution in [-0.2, 0) is 14.8 Å². The van der Waals surface area contributed by atoms with Gasteiger partial charge in [0.2, 0.25) is 27.6 Å². The fourth-order valence-corrected chi connectivity index (χ4v) is 7.08. The second-order valence-corrected chi connectivity index (χ2v) is 11.9. The summed E-state index contributed by atoms with van der Waals surface area (Å²) in [6, 6.07) is 6.70. The van der Waals surface area contributed by atoms with E-state index in [1.807, 2.05) is 4.90 Å². The van der Waals surface area contributed by atoms with Crippen molar-refractivity contribution in [3.05, 3.63) is 30.2 Å². The van der Waals surface area contributed by atoms with Gasteiger partial charge < -0.3 is 9.42 Å². The lowest BCUT2D eigenvalue weighted by Crippen LogP contribution is -2.39. The average molecular weight is 487 g/mol. The molecule has 1 atom stereocenters. The zero-order chi connectivity index (χ0) is 23.5. The van der Waals surface area contributed by atoms with Gasteiger partial charge in [-0.1, -0.05) is 30.8 Å². The Balaban J connectivity index is 1.21. The van der Waals surface area contributed by atoms with Gasteiger partial charge in [-0.25, -0.2) is 8.42 Å². The molecule has 34 heavy (non-hydrogen) atoms. The maximum Gasteiger partial charge on any atom is 0.243 e. The number of amides is 1. The minimum atomic E-state index is -3.44. The third-order valence-electron chi connectivity index (χ3n) is 7.62. The van der Waals surface area contributed by atoms with E-state index in [0.717, 1.165) is 50.1 Å². The Kier molecular flexibility index (Phi) is 7.01. The first-order chi connectivity index (χ1) is 16.5. The van der Waals surface area contributed by atoms with E-state index in [4.69, 9.17) is 4.52 Å². The molecule has 5 rings (SSSR count). The summed E-state index contributed by atoms with van der Waals surface area (Å²) >= 11 is 0. The summed E-state index contributed by atoms with van der Waals surface area (Å²) in [6.45, 7) is 2.59. The number of nitrogens with zero attached hydrogens (tertiary/aromatic N) is 4. The normalized spacial score (nSPS) is 22.5. The van der Waals surface area contributed by atoms with E-state index < -0.39 is 10.0 Å². The number of hydrogen-bond donors (Lipinski definition) is 0. The quantitative estimate of drug-likeness (QED) is 0.582. The van der Waals surface area contributed by atoms with Gasteiger partial charge in [0.15, 0.2) is 0 Å². The number of carbonyl (C=O) groups excluding carboxylic acids is 1. The van der Waals surface area contributed by atoms with Gasteiger partial charge in [0.1, 0.15) is 0 Å². The molecule has 3 aliphatic rings. The number of carbonyl (C=O) groups is 1. The molecule has 1 aromatic heterocycles. The monoisotopic (exact) mass is 486 g/mol. The van der Waals surface area contributed by atoms with Crippen LogP contribution < -0.4 is 0 Å². The fourth-order valence-electron chi connectivity index (χ4n) is 5.56. The highest BCUT2D eigenvalue weighted by molar-refractivity contribution is 7.89. The molecule has 0 N–H and O–H groups in total. The van der Waals surface area contributed by atoms with Crippen LogP contribution >= 0.6 is 0 Å². The van der Waals surface area contributed by atoms with Crippen molar-refractivity contribution in [2.24, 2.45) is 5.92 Å². The van der Waals surface area contributed by atoms with E-state index in [1.165, 1.54) is 25.7 Å². The summed E-state index contributed by atoms with van der Waals surface area (Å²) in [6.07, 6.45) is 10.5. The van der Waals surface area contributed by atoms with E-state index in [0.29, 0.717) is 42.7 Å². The molecule has 1 amide bonds. The molecular formula is C25H34N4O4S. The van der Waals surface area contributed by atoms with E-state index in [1.54, 1.807) is 28.6 Å². The van der Waals surface area contributed by atoms with Crippen LogP contribution in [0.3, 0.4) is 0 Å². The lowest BCUT2D eigenvalue weighted by atomic mass is 9.96. The van der Waals surface area contributed by atoms with Gasteiger partial charge in [-0.2, -0.15) is 9.29 Å². The van der Waals surface area contributed by atoms with Crippen LogP contribution in [-0.4, -0.2) is 59.8 Å². The molecule has 2 aromatic rings. The predicted molar refractivity (Wildman–Crippen MR) is 127 cm³/mol. The standard InChI is InChI=1S/C25H34N4O4S/c30-23(14-9-19-6-1-2-7-19)28-15-5-8-21(18-28)25-26-24(27-33-25)20-10-12-22(13-11-20)34(31,32)29-16-3-4-17-29/h10-13,19,21H,1-9,14-18H2/t21-/m0/s1. The van der Waals surface area contributed by atoms with Gasteiger partial charge in [0.25, 0.3) is 0 Å². The van der Waals surface area contributed by atoms with Crippen molar-refractivity contribution in [1.29, 1.82) is 0 Å². The molecule has 184 valence electrons. The Morgan fingerprint density at radius 2 is 1.71 bits per heavy atom. The number of rotatable bonds is 7. The highest BCUT2D eigenvalue weighted by Gasteiger charge is 2.30. The van der Waals surface area contributed by atoms with E-state index in [-0.39, 0.29) is 11.8 Å². The molecule has 8 nitrogen and oxygen atoms in total. The van der Waals surface area contributed by atoms with Gasteiger partial charge >= 0.3 is 0 Å². The first-order valence-corrected chi connectivity index (χ1v) is 14.2. The van der Waals surface area contributed by atoms with Gasteiger partial charge in [-0.05, 0) is 62.3 Å². The van der Waals surface area contributed by atoms with Crippen molar-refractivity contribution in [3.8, 4) is 11.4 Å². The van der Waals surface area contributed by atoms with Crippen LogP contribution in [0.25, 0.3) is 11.4 Å². The summed E-state index contributed by atoms with van der Waals surface area (Å²) in [4.78, 5) is 19.6. The van der Waals surface area contributed by atoms with E-state index >= 15 is 0 Å². The first-order valence-electron chi connectivity index (χ1n) is 12.7. The lowest BCUT2D eigenvalue weighted by molar-refractivity contribution is -0.132. The van der Waals surface area contributed by atoms with Crippen molar-refractivity contribution < 1.29 is 17.7 Å². The lowest BCUT2D eigenvalue weighted by Gasteiger charge is -2.31. The zero-order valence-corrected chi connectivity index (χ0v) is 20.5. The Morgan fingerprint density at radius 3 is 2.44 bits per heavy atom. The molecule has 3 fully saturated rings. The molecule has 2 aliphatic heterocycles. The van der Waals surface area contributed by atoms with Gasteiger partial charge in [0, 0.05) is 38.2 Å². The summed E-state index contributed by atoms with van der Waals surface area (Å²) in [5.74, 6) is 2.01. The van der Waals surface area contributed by atoms with Crippen molar-refractivity contribution in [2.45, 2.75) is 75.0 Å². The minimum Gasteiger partial charge on any atom is -0.342 e. The highest BCUT2D eigenvalue weighted by Crippen LogP contribution is 2.31. The number of benzene rings is 1. The first kappa shape index (κ1) is 23.5. The van der Waals surface area contributed by atoms with Crippen molar-refractivity contribution in [1.82, 2.24) is 19.3 Å². The largest absolute Gasteiger partial charge is 0.342 e. The Hall–Kier alpha value is -2.26. The molecule has 0 radical (unpaired) electrons. The van der Waals surface area contributed by atoms with Crippen LogP contribution in [0.2, 0.25) is 0 Å². The second kappa shape index (κ2) is 10.2. The van der Waals surface area contributed by atoms with Crippen molar-refractivity contribution >= 4 is 15.9 Å². The molecule has 3 heterocycles. The maximum absolute atomic E-state index is 12.8. The number of piperidine rings is 1. The third-order valence-corrected chi connectivity index (χ3v) is 9.53. The SMILES string of the molecule is O=C(CCC1CCCC1)N1CCC[C@H](c2nc(-c3ccc(S(=O)(=O)N4CCCC4)cc3)no2)C1. The molecule has 1 aliphatic carbocycles. The molecule has 0 spiro atoms.